The summed E-state index contributed by atoms with van der Waals surface area (Å²) in [6.45, 7) is 6.22. The Morgan fingerprint density at radius 2 is 1.81 bits per heavy atom. The van der Waals surface area contributed by atoms with E-state index in [1.54, 1.807) is 11.3 Å². The van der Waals surface area contributed by atoms with Crippen molar-refractivity contribution < 1.29 is 26.4 Å². The molecular weight excluding hydrogens is 469 g/mol. The number of nitrogens with one attached hydrogen (secondary N) is 1. The molecule has 0 radical (unpaired) electrons. The highest BCUT2D eigenvalue weighted by atomic mass is 32.2. The summed E-state index contributed by atoms with van der Waals surface area (Å²) in [5, 5.41) is 4.96. The van der Waals surface area contributed by atoms with E-state index in [9.17, 15) is 26.4 Å². The topological polar surface area (TPSA) is 76.1 Å². The summed E-state index contributed by atoms with van der Waals surface area (Å²) in [4.78, 5) is 18.2. The molecule has 1 N–H and O–H groups in total. The zero-order chi connectivity index (χ0) is 23.0. The molecule has 2 aromatic heterocycles. The van der Waals surface area contributed by atoms with Gasteiger partial charge < -0.3 is 5.32 Å². The molecule has 0 aliphatic heterocycles. The van der Waals surface area contributed by atoms with Gasteiger partial charge in [0, 0.05) is 10.3 Å². The molecule has 2 heterocycles. The third-order valence-electron chi connectivity index (χ3n) is 4.71. The summed E-state index contributed by atoms with van der Waals surface area (Å²) in [6.07, 6.45) is 0.809. The van der Waals surface area contributed by atoms with Crippen LogP contribution in [0.1, 0.15) is 28.5 Å². The van der Waals surface area contributed by atoms with Gasteiger partial charge in [-0.1, -0.05) is 19.1 Å². The molecule has 31 heavy (non-hydrogen) atoms. The maximum absolute atomic E-state index is 12.6. The lowest BCUT2D eigenvalue weighted by molar-refractivity contribution is -0.115. The summed E-state index contributed by atoms with van der Waals surface area (Å²) in [6, 6.07) is 4.07. The van der Waals surface area contributed by atoms with E-state index >= 15 is 0 Å². The van der Waals surface area contributed by atoms with Crippen LogP contribution in [0.3, 0.4) is 0 Å². The van der Waals surface area contributed by atoms with Crippen molar-refractivity contribution in [3.63, 3.8) is 0 Å². The number of aryl methyl sites for hydroxylation is 1. The average molecular weight is 489 g/mol. The first-order valence-electron chi connectivity index (χ1n) is 9.19. The number of rotatable bonds is 6. The molecule has 1 aromatic carbocycles. The lowest BCUT2D eigenvalue weighted by Gasteiger charge is -2.08. The van der Waals surface area contributed by atoms with Gasteiger partial charge in [-0.2, -0.15) is 13.2 Å². The highest BCUT2D eigenvalue weighted by Crippen LogP contribution is 2.37. The molecule has 0 fully saturated rings. The number of thiazole rings is 1. The molecule has 0 saturated carbocycles. The monoisotopic (exact) mass is 488 g/mol. The molecule has 0 unspecified atom stereocenters. The van der Waals surface area contributed by atoms with Gasteiger partial charge >= 0.3 is 5.51 Å². The van der Waals surface area contributed by atoms with Crippen LogP contribution in [0, 0.1) is 13.8 Å². The molecule has 0 saturated heterocycles. The molecule has 0 aliphatic rings. The van der Waals surface area contributed by atoms with Crippen LogP contribution in [-0.2, 0) is 27.5 Å². The van der Waals surface area contributed by atoms with Crippen molar-refractivity contribution in [3.8, 4) is 10.6 Å². The molecule has 5 nitrogen and oxygen atoms in total. The van der Waals surface area contributed by atoms with Gasteiger partial charge in [-0.3, -0.25) is 4.79 Å². The van der Waals surface area contributed by atoms with Crippen LogP contribution in [0.4, 0.5) is 18.3 Å². The van der Waals surface area contributed by atoms with Gasteiger partial charge in [0.05, 0.1) is 21.9 Å². The fourth-order valence-electron chi connectivity index (χ4n) is 3.16. The highest BCUT2D eigenvalue weighted by molar-refractivity contribution is 7.92. The number of hydrogen-bond acceptors (Lipinski definition) is 6. The summed E-state index contributed by atoms with van der Waals surface area (Å²) in [5.41, 5.74) is -1.72. The Bertz CT molecular complexity index is 1210. The minimum absolute atomic E-state index is 0.127. The van der Waals surface area contributed by atoms with Gasteiger partial charge in [0.1, 0.15) is 0 Å². The van der Waals surface area contributed by atoms with Crippen molar-refractivity contribution in [1.29, 1.82) is 0 Å². The summed E-state index contributed by atoms with van der Waals surface area (Å²) >= 11 is 2.94. The minimum atomic E-state index is -5.41. The number of sulfone groups is 1. The Kier molecular flexibility index (Phi) is 6.59. The number of carbonyl (C=O) groups excluding carboxylic acids is 1. The predicted octanol–water partition coefficient (Wildman–Crippen LogP) is 5.53. The van der Waals surface area contributed by atoms with E-state index in [1.165, 1.54) is 39.5 Å². The van der Waals surface area contributed by atoms with Crippen molar-refractivity contribution in [2.24, 2.45) is 0 Å². The van der Waals surface area contributed by atoms with Crippen LogP contribution < -0.4 is 5.32 Å². The maximum Gasteiger partial charge on any atom is 0.501 e. The first-order valence-corrected chi connectivity index (χ1v) is 12.4. The van der Waals surface area contributed by atoms with Crippen molar-refractivity contribution in [3.05, 3.63) is 51.2 Å². The number of carbonyl (C=O) groups is 1. The molecule has 11 heteroatoms. The van der Waals surface area contributed by atoms with Gasteiger partial charge in [-0.15, -0.1) is 22.7 Å². The number of anilines is 1. The van der Waals surface area contributed by atoms with E-state index in [1.807, 2.05) is 5.38 Å². The number of thiophene rings is 1. The molecular formula is C20H19F3N2O3S3. The Labute approximate surface area is 185 Å². The second-order valence-corrected chi connectivity index (χ2v) is 10.8. The van der Waals surface area contributed by atoms with Crippen LogP contribution in [0.15, 0.2) is 34.5 Å². The van der Waals surface area contributed by atoms with Gasteiger partial charge in [-0.05, 0) is 49.1 Å². The fraction of sp³-hybridized carbons (Fsp3) is 0.300. The van der Waals surface area contributed by atoms with E-state index in [0.29, 0.717) is 10.7 Å². The number of benzene rings is 1. The Balaban J connectivity index is 1.69. The van der Waals surface area contributed by atoms with Crippen molar-refractivity contribution in [2.75, 3.05) is 5.32 Å². The van der Waals surface area contributed by atoms with E-state index in [4.69, 9.17) is 0 Å². The number of halogens is 3. The van der Waals surface area contributed by atoms with Crippen LogP contribution >= 0.6 is 22.7 Å². The summed E-state index contributed by atoms with van der Waals surface area (Å²) in [5.74, 6) is -0.402. The van der Waals surface area contributed by atoms with Crippen molar-refractivity contribution >= 4 is 43.5 Å². The van der Waals surface area contributed by atoms with Crippen molar-refractivity contribution in [1.82, 2.24) is 4.98 Å². The summed E-state index contributed by atoms with van der Waals surface area (Å²) in [7, 11) is -5.41. The SMILES string of the molecule is CCc1c(C)sc(-c2csc(NC(=O)Cc3ccc(S(=O)(=O)C(F)(F)F)cc3)n2)c1C. The number of alkyl halides is 3. The third kappa shape index (κ3) is 4.83. The molecule has 3 aromatic rings. The number of hydrogen-bond donors (Lipinski definition) is 1. The minimum Gasteiger partial charge on any atom is -0.302 e. The normalized spacial score (nSPS) is 12.2. The number of nitrogens with zero attached hydrogens (tertiary/aromatic N) is 1. The molecule has 3 rings (SSSR count). The van der Waals surface area contributed by atoms with E-state index in [2.05, 4.69) is 31.1 Å². The second-order valence-electron chi connectivity index (χ2n) is 6.80. The van der Waals surface area contributed by atoms with E-state index < -0.39 is 26.1 Å². The fourth-order valence-corrected chi connectivity index (χ4v) is 5.92. The standard InChI is InChI=1S/C20H19F3N2O3S3/c1-4-15-11(2)18(30-12(15)3)16-10-29-19(24-16)25-17(26)9-13-5-7-14(8-6-13)31(27,28)20(21,22)23/h5-8,10H,4,9H2,1-3H3,(H,24,25,26). The largest absolute Gasteiger partial charge is 0.501 e. The Hall–Kier alpha value is -2.24. The number of amides is 1. The predicted molar refractivity (Wildman–Crippen MR) is 116 cm³/mol. The maximum atomic E-state index is 12.6. The Morgan fingerprint density at radius 3 is 2.35 bits per heavy atom. The van der Waals surface area contributed by atoms with Crippen LogP contribution in [-0.4, -0.2) is 24.8 Å². The first kappa shape index (κ1) is 23.4. The molecule has 0 aliphatic carbocycles. The van der Waals surface area contributed by atoms with Gasteiger partial charge in [0.25, 0.3) is 9.84 Å². The zero-order valence-corrected chi connectivity index (χ0v) is 19.3. The van der Waals surface area contributed by atoms with Crippen LogP contribution in [0.2, 0.25) is 0 Å². The summed E-state index contributed by atoms with van der Waals surface area (Å²) < 4.78 is 60.6. The first-order chi connectivity index (χ1) is 14.4. The van der Waals surface area contributed by atoms with Gasteiger partial charge in [0.15, 0.2) is 5.13 Å². The quantitative estimate of drug-likeness (QED) is 0.495. The third-order valence-corrected chi connectivity index (χ3v) is 8.25. The van der Waals surface area contributed by atoms with Gasteiger partial charge in [0.2, 0.25) is 5.91 Å². The lowest BCUT2D eigenvalue weighted by atomic mass is 10.1. The van der Waals surface area contributed by atoms with Crippen molar-refractivity contribution in [2.45, 2.75) is 44.0 Å². The molecule has 166 valence electrons. The highest BCUT2D eigenvalue weighted by Gasteiger charge is 2.46. The zero-order valence-electron chi connectivity index (χ0n) is 16.8. The molecule has 0 atom stereocenters. The second kappa shape index (κ2) is 8.71. The molecule has 1 amide bonds. The van der Waals surface area contributed by atoms with Gasteiger partial charge in [-0.25, -0.2) is 13.4 Å². The van der Waals surface area contributed by atoms with Crippen LogP contribution in [0.25, 0.3) is 10.6 Å². The Morgan fingerprint density at radius 1 is 1.16 bits per heavy atom. The number of aromatic nitrogens is 1. The molecule has 0 spiro atoms. The average Bonchev–Trinajstić information content (AvgIpc) is 3.24. The smallest absolute Gasteiger partial charge is 0.302 e. The van der Waals surface area contributed by atoms with E-state index in [-0.39, 0.29) is 6.42 Å². The lowest BCUT2D eigenvalue weighted by Crippen LogP contribution is -2.23. The molecule has 0 bridgehead atoms. The van der Waals surface area contributed by atoms with E-state index in [0.717, 1.165) is 29.1 Å². The van der Waals surface area contributed by atoms with Crippen LogP contribution in [0.5, 0.6) is 0 Å².